The van der Waals surface area contributed by atoms with Gasteiger partial charge in [-0.15, -0.1) is 0 Å². The molecule has 0 aliphatic heterocycles. The predicted molar refractivity (Wildman–Crippen MR) is 116 cm³/mol. The Bertz CT molecular complexity index is 1180. The third-order valence-electron chi connectivity index (χ3n) is 4.40. The van der Waals surface area contributed by atoms with Crippen LogP contribution in [-0.4, -0.2) is 33.6 Å². The van der Waals surface area contributed by atoms with Crippen molar-refractivity contribution >= 4 is 38.9 Å². The maximum atomic E-state index is 13.0. The molecule has 9 heteroatoms. The molecular weight excluding hydrogens is 428 g/mol. The first-order chi connectivity index (χ1) is 14.2. The summed E-state index contributed by atoms with van der Waals surface area (Å²) in [6.45, 7) is 0. The summed E-state index contributed by atoms with van der Waals surface area (Å²) in [6.07, 6.45) is 0. The van der Waals surface area contributed by atoms with Gasteiger partial charge >= 0.3 is 0 Å². The molecule has 3 aromatic carbocycles. The van der Waals surface area contributed by atoms with Crippen molar-refractivity contribution in [3.63, 3.8) is 0 Å². The van der Waals surface area contributed by atoms with E-state index in [0.717, 1.165) is 4.31 Å². The van der Waals surface area contributed by atoms with Crippen molar-refractivity contribution < 1.29 is 23.1 Å². The first-order valence-electron chi connectivity index (χ1n) is 8.75. The van der Waals surface area contributed by atoms with E-state index in [9.17, 15) is 18.3 Å². The molecule has 0 aliphatic carbocycles. The Morgan fingerprint density at radius 2 is 1.77 bits per heavy atom. The zero-order chi connectivity index (χ0) is 21.9. The number of halogens is 1. The lowest BCUT2D eigenvalue weighted by Crippen LogP contribution is -2.26. The highest BCUT2D eigenvalue weighted by atomic mass is 35.5. The number of amides is 1. The first-order valence-corrected chi connectivity index (χ1v) is 10.6. The van der Waals surface area contributed by atoms with Gasteiger partial charge in [-0.3, -0.25) is 9.10 Å². The minimum absolute atomic E-state index is 0.0304. The highest BCUT2D eigenvalue weighted by Crippen LogP contribution is 2.27. The Labute approximate surface area is 179 Å². The van der Waals surface area contributed by atoms with Crippen LogP contribution in [0.5, 0.6) is 11.5 Å². The van der Waals surface area contributed by atoms with Crippen molar-refractivity contribution in [3.8, 4) is 11.5 Å². The number of nitrogens with one attached hydrogen (secondary N) is 1. The maximum Gasteiger partial charge on any atom is 0.264 e. The van der Waals surface area contributed by atoms with Crippen LogP contribution in [0.25, 0.3) is 0 Å². The third kappa shape index (κ3) is 4.50. The van der Waals surface area contributed by atoms with Crippen molar-refractivity contribution in [2.24, 2.45) is 0 Å². The topological polar surface area (TPSA) is 95.9 Å². The fourth-order valence-corrected chi connectivity index (χ4v) is 4.10. The monoisotopic (exact) mass is 446 g/mol. The normalized spacial score (nSPS) is 11.0. The summed E-state index contributed by atoms with van der Waals surface area (Å²) in [5, 5.41) is 12.2. The van der Waals surface area contributed by atoms with E-state index in [1.807, 2.05) is 0 Å². The number of ether oxygens (including phenoxy) is 1. The van der Waals surface area contributed by atoms with E-state index in [1.165, 1.54) is 56.6 Å². The molecule has 156 valence electrons. The number of benzene rings is 3. The van der Waals surface area contributed by atoms with Crippen LogP contribution in [0.3, 0.4) is 0 Å². The summed E-state index contributed by atoms with van der Waals surface area (Å²) in [7, 11) is -0.936. The molecule has 2 N–H and O–H groups in total. The molecular formula is C21H19ClN2O5S. The molecule has 3 rings (SSSR count). The van der Waals surface area contributed by atoms with Gasteiger partial charge < -0.3 is 15.2 Å². The number of phenols is 1. The first kappa shape index (κ1) is 21.5. The predicted octanol–water partition coefficient (Wildman–Crippen LogP) is 4.13. The molecule has 7 nitrogen and oxygen atoms in total. The number of rotatable bonds is 6. The van der Waals surface area contributed by atoms with Crippen LogP contribution >= 0.6 is 11.6 Å². The Morgan fingerprint density at radius 1 is 1.07 bits per heavy atom. The van der Waals surface area contributed by atoms with Crippen molar-refractivity contribution in [3.05, 3.63) is 77.3 Å². The third-order valence-corrected chi connectivity index (χ3v) is 6.48. The van der Waals surface area contributed by atoms with E-state index in [1.54, 1.807) is 24.3 Å². The van der Waals surface area contributed by atoms with Gasteiger partial charge in [0.2, 0.25) is 0 Å². The van der Waals surface area contributed by atoms with E-state index in [2.05, 4.69) is 5.32 Å². The van der Waals surface area contributed by atoms with Crippen LogP contribution in [-0.2, 0) is 10.0 Å². The molecule has 0 radical (unpaired) electrons. The van der Waals surface area contributed by atoms with E-state index >= 15 is 0 Å². The smallest absolute Gasteiger partial charge is 0.264 e. The van der Waals surface area contributed by atoms with Gasteiger partial charge in [0.05, 0.1) is 22.7 Å². The fourth-order valence-electron chi connectivity index (χ4n) is 2.67. The minimum atomic E-state index is -3.89. The Kier molecular flexibility index (Phi) is 6.19. The van der Waals surface area contributed by atoms with Gasteiger partial charge in [0, 0.05) is 18.3 Å². The van der Waals surface area contributed by atoms with Crippen molar-refractivity contribution in [1.29, 1.82) is 0 Å². The van der Waals surface area contributed by atoms with Gasteiger partial charge in [-0.05, 0) is 60.7 Å². The number of phenolic OH excluding ortho intramolecular Hbond substituents is 1. The number of sulfonamides is 1. The summed E-state index contributed by atoms with van der Waals surface area (Å²) in [6, 6.07) is 16.5. The number of nitrogens with zero attached hydrogens (tertiary/aromatic N) is 1. The Hall–Kier alpha value is -3.23. The molecule has 0 saturated heterocycles. The highest BCUT2D eigenvalue weighted by molar-refractivity contribution is 7.92. The van der Waals surface area contributed by atoms with E-state index in [0.29, 0.717) is 17.1 Å². The van der Waals surface area contributed by atoms with Gasteiger partial charge in [-0.2, -0.15) is 0 Å². The average Bonchev–Trinajstić information content (AvgIpc) is 2.76. The number of hydrogen-bond donors (Lipinski definition) is 2. The van der Waals surface area contributed by atoms with E-state index in [4.69, 9.17) is 16.3 Å². The molecule has 3 aromatic rings. The number of carbonyl (C=O) groups excluding carboxylic acids is 1. The number of carbonyl (C=O) groups is 1. The summed E-state index contributed by atoms with van der Waals surface area (Å²) in [4.78, 5) is 12.5. The van der Waals surface area contributed by atoms with Crippen LogP contribution < -0.4 is 14.4 Å². The number of hydrogen-bond acceptors (Lipinski definition) is 5. The minimum Gasteiger partial charge on any atom is -0.506 e. The zero-order valence-electron chi connectivity index (χ0n) is 16.2. The molecule has 0 spiro atoms. The molecule has 0 fully saturated rings. The number of anilines is 2. The largest absolute Gasteiger partial charge is 0.506 e. The number of aromatic hydroxyl groups is 1. The Balaban J connectivity index is 1.85. The van der Waals surface area contributed by atoms with Crippen molar-refractivity contribution in [2.45, 2.75) is 4.90 Å². The second-order valence-corrected chi connectivity index (χ2v) is 8.70. The summed E-state index contributed by atoms with van der Waals surface area (Å²) >= 11 is 5.85. The van der Waals surface area contributed by atoms with Gasteiger partial charge in [0.15, 0.2) is 0 Å². The molecule has 0 unspecified atom stereocenters. The quantitative estimate of drug-likeness (QED) is 0.555. The van der Waals surface area contributed by atoms with E-state index < -0.39 is 15.9 Å². The zero-order valence-corrected chi connectivity index (χ0v) is 17.7. The molecule has 30 heavy (non-hydrogen) atoms. The maximum absolute atomic E-state index is 13.0. The van der Waals surface area contributed by atoms with Gasteiger partial charge in [0.25, 0.3) is 15.9 Å². The second-order valence-electron chi connectivity index (χ2n) is 6.32. The molecule has 0 heterocycles. The molecule has 0 saturated carbocycles. The molecule has 1 amide bonds. The summed E-state index contributed by atoms with van der Waals surface area (Å²) < 4.78 is 32.3. The standard InChI is InChI=1S/C21H19ClN2O5S/c1-24(16-7-9-17(29-2)10-8-16)30(27,28)18-5-3-4-14(12-18)21(26)23-15-6-11-20(25)19(22)13-15/h3-13,25H,1-2H3,(H,23,26). The highest BCUT2D eigenvalue weighted by Gasteiger charge is 2.22. The van der Waals surface area contributed by atoms with Gasteiger partial charge in [0.1, 0.15) is 11.5 Å². The van der Waals surface area contributed by atoms with Crippen LogP contribution in [0.1, 0.15) is 10.4 Å². The molecule has 0 aromatic heterocycles. The lowest BCUT2D eigenvalue weighted by Gasteiger charge is -2.20. The Morgan fingerprint density at radius 3 is 2.40 bits per heavy atom. The second kappa shape index (κ2) is 8.64. The van der Waals surface area contributed by atoms with Crippen LogP contribution in [0.15, 0.2) is 71.6 Å². The molecule has 0 aliphatic rings. The van der Waals surface area contributed by atoms with Crippen molar-refractivity contribution in [1.82, 2.24) is 0 Å². The van der Waals surface area contributed by atoms with Crippen molar-refractivity contribution in [2.75, 3.05) is 23.8 Å². The average molecular weight is 447 g/mol. The van der Waals surface area contributed by atoms with Gasteiger partial charge in [-0.25, -0.2) is 8.42 Å². The molecule has 0 atom stereocenters. The fraction of sp³-hybridized carbons (Fsp3) is 0.0952. The van der Waals surface area contributed by atoms with Crippen LogP contribution in [0.2, 0.25) is 5.02 Å². The van der Waals surface area contributed by atoms with Crippen LogP contribution in [0.4, 0.5) is 11.4 Å². The summed E-state index contributed by atoms with van der Waals surface area (Å²) in [5.41, 5.74) is 0.971. The lowest BCUT2D eigenvalue weighted by atomic mass is 10.2. The van der Waals surface area contributed by atoms with E-state index in [-0.39, 0.29) is 21.2 Å². The lowest BCUT2D eigenvalue weighted by molar-refractivity contribution is 0.102. The number of methoxy groups -OCH3 is 1. The van der Waals surface area contributed by atoms with Crippen LogP contribution in [0, 0.1) is 0 Å². The van der Waals surface area contributed by atoms with Gasteiger partial charge in [-0.1, -0.05) is 17.7 Å². The molecule has 0 bridgehead atoms. The summed E-state index contributed by atoms with van der Waals surface area (Å²) in [5.74, 6) is -0.0113. The SMILES string of the molecule is COc1ccc(N(C)S(=O)(=O)c2cccc(C(=O)Nc3ccc(O)c(Cl)c3)c2)cc1.